The minimum absolute atomic E-state index is 0.706. The fraction of sp³-hybridized carbons (Fsp3) is 1.00. The zero-order chi connectivity index (χ0) is 8.27. The van der Waals surface area contributed by atoms with Gasteiger partial charge in [-0.1, -0.05) is 6.92 Å². The van der Waals surface area contributed by atoms with Crippen LogP contribution in [-0.2, 0) is 0 Å². The van der Waals surface area contributed by atoms with Crippen molar-refractivity contribution >= 4 is 0 Å². The van der Waals surface area contributed by atoms with Crippen LogP contribution in [0.1, 0.15) is 20.8 Å². The first kappa shape index (κ1) is 9.01. The largest absolute Gasteiger partial charge is 0.315 e. The van der Waals surface area contributed by atoms with Crippen molar-refractivity contribution in [1.82, 2.24) is 10.2 Å². The summed E-state index contributed by atoms with van der Waals surface area (Å²) in [7, 11) is 0. The fourth-order valence-corrected chi connectivity index (χ4v) is 1.60. The first-order valence-electron chi connectivity index (χ1n) is 4.65. The number of rotatable bonds is 1. The molecule has 1 fully saturated rings. The van der Waals surface area contributed by atoms with E-state index in [1.54, 1.807) is 0 Å². The van der Waals surface area contributed by atoms with Crippen molar-refractivity contribution in [3.05, 3.63) is 0 Å². The average molecular weight is 156 g/mol. The Hall–Kier alpha value is -0.0800. The van der Waals surface area contributed by atoms with Crippen molar-refractivity contribution in [2.45, 2.75) is 26.8 Å². The van der Waals surface area contributed by atoms with Gasteiger partial charge in [0.25, 0.3) is 0 Å². The summed E-state index contributed by atoms with van der Waals surface area (Å²) in [5, 5.41) is 3.44. The third kappa shape index (κ3) is 2.80. The lowest BCUT2D eigenvalue weighted by atomic mass is 10.1. The molecular formula is C9H20N2. The Morgan fingerprint density at radius 1 is 1.45 bits per heavy atom. The molecular weight excluding hydrogens is 136 g/mol. The molecule has 1 N–H and O–H groups in total. The van der Waals surface area contributed by atoms with Gasteiger partial charge in [0.05, 0.1) is 0 Å². The van der Waals surface area contributed by atoms with E-state index < -0.39 is 0 Å². The van der Waals surface area contributed by atoms with E-state index in [1.165, 1.54) is 19.6 Å². The molecule has 66 valence electrons. The van der Waals surface area contributed by atoms with Crippen LogP contribution in [0.4, 0.5) is 0 Å². The second kappa shape index (κ2) is 4.07. The van der Waals surface area contributed by atoms with Gasteiger partial charge >= 0.3 is 0 Å². The molecule has 1 unspecified atom stereocenters. The number of hydrogen-bond acceptors (Lipinski definition) is 2. The summed E-state index contributed by atoms with van der Waals surface area (Å²) in [5.74, 6) is 0.805. The van der Waals surface area contributed by atoms with E-state index in [9.17, 15) is 0 Å². The van der Waals surface area contributed by atoms with E-state index in [-0.39, 0.29) is 0 Å². The van der Waals surface area contributed by atoms with E-state index in [0.29, 0.717) is 6.04 Å². The molecule has 1 rings (SSSR count). The molecule has 2 nitrogen and oxygen atoms in total. The van der Waals surface area contributed by atoms with Gasteiger partial charge in [0.15, 0.2) is 0 Å². The highest BCUT2D eigenvalue weighted by Crippen LogP contribution is 2.05. The first-order valence-corrected chi connectivity index (χ1v) is 4.65. The molecule has 1 saturated heterocycles. The van der Waals surface area contributed by atoms with Crippen LogP contribution in [0, 0.1) is 5.92 Å². The highest BCUT2D eigenvalue weighted by molar-refractivity contribution is 4.72. The lowest BCUT2D eigenvalue weighted by Gasteiger charge is -2.25. The van der Waals surface area contributed by atoms with E-state index in [2.05, 4.69) is 31.0 Å². The summed E-state index contributed by atoms with van der Waals surface area (Å²) < 4.78 is 0. The lowest BCUT2D eigenvalue weighted by molar-refractivity contribution is 0.215. The summed E-state index contributed by atoms with van der Waals surface area (Å²) in [6.07, 6.45) is 0. The molecule has 0 radical (unpaired) electrons. The summed E-state index contributed by atoms with van der Waals surface area (Å²) in [4.78, 5) is 2.55. The Labute approximate surface area is 70.0 Å². The maximum atomic E-state index is 3.44. The lowest BCUT2D eigenvalue weighted by Crippen LogP contribution is -2.35. The maximum Gasteiger partial charge on any atom is 0.0110 e. The van der Waals surface area contributed by atoms with Crippen LogP contribution in [0.25, 0.3) is 0 Å². The second-order valence-electron chi connectivity index (χ2n) is 3.90. The molecule has 11 heavy (non-hydrogen) atoms. The predicted octanol–water partition coefficient (Wildman–Crippen LogP) is 0.936. The Morgan fingerprint density at radius 2 is 2.18 bits per heavy atom. The number of nitrogens with one attached hydrogen (secondary N) is 1. The van der Waals surface area contributed by atoms with E-state index in [4.69, 9.17) is 0 Å². The van der Waals surface area contributed by atoms with Crippen molar-refractivity contribution in [3.8, 4) is 0 Å². The van der Waals surface area contributed by atoms with Gasteiger partial charge in [-0.15, -0.1) is 0 Å². The van der Waals surface area contributed by atoms with Crippen molar-refractivity contribution in [2.75, 3.05) is 26.2 Å². The maximum absolute atomic E-state index is 3.44. The smallest absolute Gasteiger partial charge is 0.0110 e. The minimum atomic E-state index is 0.706. The van der Waals surface area contributed by atoms with Crippen LogP contribution in [0.5, 0.6) is 0 Å². The normalized spacial score (nSPS) is 28.9. The van der Waals surface area contributed by atoms with Gasteiger partial charge in [0.2, 0.25) is 0 Å². The van der Waals surface area contributed by atoms with Gasteiger partial charge in [0.1, 0.15) is 0 Å². The zero-order valence-corrected chi connectivity index (χ0v) is 7.93. The van der Waals surface area contributed by atoms with Crippen LogP contribution in [0.15, 0.2) is 0 Å². The van der Waals surface area contributed by atoms with Gasteiger partial charge in [0, 0.05) is 25.7 Å². The first-order chi connectivity index (χ1) is 5.20. The molecule has 0 aromatic carbocycles. The summed E-state index contributed by atoms with van der Waals surface area (Å²) in [6, 6.07) is 0.706. The predicted molar refractivity (Wildman–Crippen MR) is 48.7 cm³/mol. The monoisotopic (exact) mass is 156 g/mol. The average Bonchev–Trinajstić information content (AvgIpc) is 2.13. The minimum Gasteiger partial charge on any atom is -0.315 e. The zero-order valence-electron chi connectivity index (χ0n) is 7.93. The van der Waals surface area contributed by atoms with Crippen molar-refractivity contribution in [2.24, 2.45) is 5.92 Å². The van der Waals surface area contributed by atoms with Gasteiger partial charge < -0.3 is 5.32 Å². The molecule has 0 saturated carbocycles. The van der Waals surface area contributed by atoms with Gasteiger partial charge in [-0.2, -0.15) is 0 Å². The molecule has 1 atom stereocenters. The molecule has 0 spiro atoms. The molecule has 1 heterocycles. The molecule has 0 aromatic rings. The molecule has 0 bridgehead atoms. The van der Waals surface area contributed by atoms with Crippen molar-refractivity contribution < 1.29 is 0 Å². The summed E-state index contributed by atoms with van der Waals surface area (Å²) in [5.41, 5.74) is 0. The summed E-state index contributed by atoms with van der Waals surface area (Å²) in [6.45, 7) is 11.7. The Balaban J connectivity index is 2.39. The van der Waals surface area contributed by atoms with Crippen LogP contribution >= 0.6 is 0 Å². The molecule has 0 aliphatic carbocycles. The van der Waals surface area contributed by atoms with Gasteiger partial charge in [-0.25, -0.2) is 0 Å². The molecule has 1 aliphatic heterocycles. The molecule has 1 aliphatic rings. The number of hydrogen-bond donors (Lipinski definition) is 1. The highest BCUT2D eigenvalue weighted by atomic mass is 15.2. The number of nitrogens with zero attached hydrogens (tertiary/aromatic N) is 1. The Kier molecular flexibility index (Phi) is 3.34. The SMILES string of the molecule is CC1CNCCN(C(C)C)C1. The molecule has 2 heteroatoms. The third-order valence-electron chi connectivity index (χ3n) is 2.35. The van der Waals surface area contributed by atoms with Gasteiger partial charge in [-0.3, -0.25) is 4.90 Å². The highest BCUT2D eigenvalue weighted by Gasteiger charge is 2.15. The third-order valence-corrected chi connectivity index (χ3v) is 2.35. The Morgan fingerprint density at radius 3 is 2.82 bits per heavy atom. The Bertz CT molecular complexity index is 112. The quantitative estimate of drug-likeness (QED) is 0.608. The fourth-order valence-electron chi connectivity index (χ4n) is 1.60. The summed E-state index contributed by atoms with van der Waals surface area (Å²) >= 11 is 0. The van der Waals surface area contributed by atoms with E-state index >= 15 is 0 Å². The van der Waals surface area contributed by atoms with Crippen LogP contribution < -0.4 is 5.32 Å². The second-order valence-corrected chi connectivity index (χ2v) is 3.90. The van der Waals surface area contributed by atoms with Crippen molar-refractivity contribution in [3.63, 3.8) is 0 Å². The van der Waals surface area contributed by atoms with Crippen LogP contribution in [-0.4, -0.2) is 37.1 Å². The molecule has 0 aromatic heterocycles. The topological polar surface area (TPSA) is 15.3 Å². The van der Waals surface area contributed by atoms with Crippen LogP contribution in [0.2, 0.25) is 0 Å². The van der Waals surface area contributed by atoms with Gasteiger partial charge in [-0.05, 0) is 26.3 Å². The van der Waals surface area contributed by atoms with E-state index in [0.717, 1.165) is 12.5 Å². The van der Waals surface area contributed by atoms with E-state index in [1.807, 2.05) is 0 Å². The van der Waals surface area contributed by atoms with Crippen LogP contribution in [0.3, 0.4) is 0 Å². The standard InChI is InChI=1S/C9H20N2/c1-8(2)11-5-4-10-6-9(3)7-11/h8-10H,4-7H2,1-3H3. The van der Waals surface area contributed by atoms with Crippen molar-refractivity contribution in [1.29, 1.82) is 0 Å². The molecule has 0 amide bonds.